The van der Waals surface area contributed by atoms with Gasteiger partial charge in [-0.05, 0) is 19.4 Å². The van der Waals surface area contributed by atoms with Crippen molar-refractivity contribution >= 4 is 0 Å². The van der Waals surface area contributed by atoms with Gasteiger partial charge in [0.2, 0.25) is 0 Å². The fourth-order valence-corrected chi connectivity index (χ4v) is 2.31. The lowest BCUT2D eigenvalue weighted by Gasteiger charge is -2.42. The summed E-state index contributed by atoms with van der Waals surface area (Å²) in [5, 5.41) is 2.62. The summed E-state index contributed by atoms with van der Waals surface area (Å²) in [6.07, 6.45) is -2.85. The van der Waals surface area contributed by atoms with E-state index in [0.717, 1.165) is 6.42 Å². The lowest BCUT2D eigenvalue weighted by atomic mass is 9.84. The molecule has 2 unspecified atom stereocenters. The highest BCUT2D eigenvalue weighted by atomic mass is 19.4. The second kappa shape index (κ2) is 5.36. The molecule has 0 bridgehead atoms. The van der Waals surface area contributed by atoms with Gasteiger partial charge >= 0.3 is 6.18 Å². The van der Waals surface area contributed by atoms with E-state index in [1.807, 2.05) is 6.92 Å². The Hall–Kier alpha value is -0.290. The van der Waals surface area contributed by atoms with E-state index in [9.17, 15) is 13.2 Å². The van der Waals surface area contributed by atoms with Crippen molar-refractivity contribution in [1.29, 1.82) is 0 Å². The van der Waals surface area contributed by atoms with Crippen molar-refractivity contribution in [2.24, 2.45) is 0 Å². The Balaban J connectivity index is 2.76. The highest BCUT2D eigenvalue weighted by Crippen LogP contribution is 2.40. The maximum atomic E-state index is 13.1. The Morgan fingerprint density at radius 3 is 2.56 bits per heavy atom. The Labute approximate surface area is 94.5 Å². The van der Waals surface area contributed by atoms with Gasteiger partial charge in [0.25, 0.3) is 0 Å². The van der Waals surface area contributed by atoms with Gasteiger partial charge in [-0.1, -0.05) is 20.3 Å². The Morgan fingerprint density at radius 1 is 1.38 bits per heavy atom. The van der Waals surface area contributed by atoms with Crippen molar-refractivity contribution < 1.29 is 17.9 Å². The first kappa shape index (κ1) is 13.8. The quantitative estimate of drug-likeness (QED) is 0.814. The lowest BCUT2D eigenvalue weighted by molar-refractivity contribution is -0.225. The van der Waals surface area contributed by atoms with E-state index in [0.29, 0.717) is 13.0 Å². The number of halogens is 3. The fraction of sp³-hybridized carbons (Fsp3) is 1.00. The molecule has 0 aromatic rings. The van der Waals surface area contributed by atoms with Crippen LogP contribution in [-0.2, 0) is 4.74 Å². The molecule has 16 heavy (non-hydrogen) atoms. The molecule has 0 radical (unpaired) electrons. The number of alkyl halides is 3. The van der Waals surface area contributed by atoms with Gasteiger partial charge in [0.1, 0.15) is 5.54 Å². The van der Waals surface area contributed by atoms with Crippen LogP contribution < -0.4 is 5.32 Å². The SMILES string of the molecule is CCCC1CC(NCC)(C(F)(F)F)CCO1. The highest BCUT2D eigenvalue weighted by molar-refractivity contribution is 4.99. The minimum absolute atomic E-state index is 0.0184. The van der Waals surface area contributed by atoms with Crippen molar-refractivity contribution in [2.45, 2.75) is 57.3 Å². The molecule has 0 saturated carbocycles. The topological polar surface area (TPSA) is 21.3 Å². The zero-order valence-electron chi connectivity index (χ0n) is 9.86. The molecule has 96 valence electrons. The van der Waals surface area contributed by atoms with Crippen molar-refractivity contribution in [1.82, 2.24) is 5.32 Å². The summed E-state index contributed by atoms with van der Waals surface area (Å²) in [6, 6.07) is 0. The maximum Gasteiger partial charge on any atom is 0.406 e. The second-order valence-electron chi connectivity index (χ2n) is 4.35. The molecule has 5 heteroatoms. The average Bonchev–Trinajstić information content (AvgIpc) is 2.17. The smallest absolute Gasteiger partial charge is 0.378 e. The van der Waals surface area contributed by atoms with Crippen LogP contribution in [-0.4, -0.2) is 31.0 Å². The molecule has 1 aliphatic rings. The standard InChI is InChI=1S/C11H20F3NO/c1-3-5-9-8-10(15-4-2,6-7-16-9)11(12,13)14/h9,15H,3-8H2,1-2H3. The normalized spacial score (nSPS) is 31.7. The third-order valence-corrected chi connectivity index (χ3v) is 3.13. The molecular formula is C11H20F3NO. The van der Waals surface area contributed by atoms with Crippen molar-refractivity contribution in [3.05, 3.63) is 0 Å². The van der Waals surface area contributed by atoms with Gasteiger partial charge in [0.15, 0.2) is 0 Å². The number of ether oxygens (including phenoxy) is 1. The van der Waals surface area contributed by atoms with Crippen LogP contribution in [0.25, 0.3) is 0 Å². The van der Waals surface area contributed by atoms with Gasteiger partial charge in [0.05, 0.1) is 6.10 Å². The molecule has 1 heterocycles. The summed E-state index contributed by atoms with van der Waals surface area (Å²) < 4.78 is 44.6. The van der Waals surface area contributed by atoms with Crippen molar-refractivity contribution in [2.75, 3.05) is 13.2 Å². The zero-order valence-corrected chi connectivity index (χ0v) is 9.86. The van der Waals surface area contributed by atoms with Crippen LogP contribution in [0.2, 0.25) is 0 Å². The van der Waals surface area contributed by atoms with Crippen molar-refractivity contribution in [3.8, 4) is 0 Å². The maximum absolute atomic E-state index is 13.1. The Morgan fingerprint density at radius 2 is 2.06 bits per heavy atom. The summed E-state index contributed by atoms with van der Waals surface area (Å²) >= 11 is 0. The van der Waals surface area contributed by atoms with Gasteiger partial charge in [-0.25, -0.2) is 0 Å². The van der Waals surface area contributed by atoms with Crippen LogP contribution in [0.15, 0.2) is 0 Å². The van der Waals surface area contributed by atoms with E-state index in [1.165, 1.54) is 0 Å². The van der Waals surface area contributed by atoms with Crippen molar-refractivity contribution in [3.63, 3.8) is 0 Å². The first-order chi connectivity index (χ1) is 7.45. The summed E-state index contributed by atoms with van der Waals surface area (Å²) in [7, 11) is 0. The molecule has 1 N–H and O–H groups in total. The molecule has 1 rings (SSSR count). The number of nitrogens with one attached hydrogen (secondary N) is 1. The van der Waals surface area contributed by atoms with E-state index >= 15 is 0 Å². The third-order valence-electron chi connectivity index (χ3n) is 3.13. The van der Waals surface area contributed by atoms with E-state index < -0.39 is 11.7 Å². The van der Waals surface area contributed by atoms with Gasteiger partial charge in [0, 0.05) is 13.0 Å². The van der Waals surface area contributed by atoms with Crippen LogP contribution in [0.1, 0.15) is 39.5 Å². The zero-order chi connectivity index (χ0) is 12.2. The summed E-state index contributed by atoms with van der Waals surface area (Å²) in [5.41, 5.74) is -1.74. The first-order valence-corrected chi connectivity index (χ1v) is 5.88. The van der Waals surface area contributed by atoms with Crippen LogP contribution in [0.5, 0.6) is 0 Å². The highest BCUT2D eigenvalue weighted by Gasteiger charge is 2.56. The monoisotopic (exact) mass is 239 g/mol. The largest absolute Gasteiger partial charge is 0.406 e. The van der Waals surface area contributed by atoms with E-state index in [4.69, 9.17) is 4.74 Å². The molecule has 0 amide bonds. The van der Waals surface area contributed by atoms with Gasteiger partial charge in [-0.2, -0.15) is 13.2 Å². The van der Waals surface area contributed by atoms with Gasteiger partial charge in [-0.3, -0.25) is 0 Å². The minimum Gasteiger partial charge on any atom is -0.378 e. The molecule has 2 nitrogen and oxygen atoms in total. The van der Waals surface area contributed by atoms with Crippen LogP contribution in [0, 0.1) is 0 Å². The lowest BCUT2D eigenvalue weighted by Crippen LogP contribution is -2.61. The molecule has 2 atom stereocenters. The molecule has 1 saturated heterocycles. The number of hydrogen-bond acceptors (Lipinski definition) is 2. The molecule has 0 spiro atoms. The predicted octanol–water partition coefficient (Wildman–Crippen LogP) is 2.88. The predicted molar refractivity (Wildman–Crippen MR) is 56.3 cm³/mol. The molecular weight excluding hydrogens is 219 g/mol. The van der Waals surface area contributed by atoms with E-state index in [2.05, 4.69) is 5.32 Å². The molecule has 0 aliphatic carbocycles. The number of hydrogen-bond donors (Lipinski definition) is 1. The minimum atomic E-state index is -4.20. The molecule has 1 aliphatic heterocycles. The average molecular weight is 239 g/mol. The molecule has 0 aromatic carbocycles. The van der Waals surface area contributed by atoms with E-state index in [-0.39, 0.29) is 25.6 Å². The Kier molecular flexibility index (Phi) is 4.62. The first-order valence-electron chi connectivity index (χ1n) is 5.88. The van der Waals surface area contributed by atoms with Crippen LogP contribution in [0.4, 0.5) is 13.2 Å². The van der Waals surface area contributed by atoms with Gasteiger partial charge in [-0.15, -0.1) is 0 Å². The third kappa shape index (κ3) is 2.88. The van der Waals surface area contributed by atoms with Crippen LogP contribution >= 0.6 is 0 Å². The van der Waals surface area contributed by atoms with Crippen LogP contribution in [0.3, 0.4) is 0 Å². The summed E-state index contributed by atoms with van der Waals surface area (Å²) in [6.45, 7) is 4.19. The summed E-state index contributed by atoms with van der Waals surface area (Å²) in [5.74, 6) is 0. The molecule has 0 aromatic heterocycles. The van der Waals surface area contributed by atoms with Gasteiger partial charge < -0.3 is 10.1 Å². The summed E-state index contributed by atoms with van der Waals surface area (Å²) in [4.78, 5) is 0. The van der Waals surface area contributed by atoms with E-state index in [1.54, 1.807) is 6.92 Å². The second-order valence-corrected chi connectivity index (χ2v) is 4.35. The Bertz CT molecular complexity index is 214. The molecule has 1 fully saturated rings. The fourth-order valence-electron chi connectivity index (χ4n) is 2.31. The number of rotatable bonds is 4.